The average Bonchev–Trinajstić information content (AvgIpc) is 3.25. The van der Waals surface area contributed by atoms with Crippen LogP contribution in [0, 0.1) is 6.92 Å². The average molecular weight is 519 g/mol. The third-order valence-electron chi connectivity index (χ3n) is 7.64. The first-order valence-electron chi connectivity index (χ1n) is 13.2. The number of fused-ring (bicyclic) bond motifs is 1. The number of ether oxygens (including phenoxy) is 1. The maximum Gasteiger partial charge on any atom is 0.119 e. The van der Waals surface area contributed by atoms with Gasteiger partial charge in [-0.05, 0) is 114 Å². The minimum absolute atomic E-state index is 0.140. The Balaban J connectivity index is 1.51. The van der Waals surface area contributed by atoms with Gasteiger partial charge in [-0.1, -0.05) is 24.3 Å². The van der Waals surface area contributed by atoms with Crippen LogP contribution in [0.1, 0.15) is 53.5 Å². The molecule has 1 saturated heterocycles. The molecule has 1 aliphatic heterocycles. The molecular formula is C31H36FN2O2P. The number of halogens is 1. The highest BCUT2D eigenvalue weighted by Crippen LogP contribution is 2.41. The quantitative estimate of drug-likeness (QED) is 0.303. The number of likely N-dealkylation sites (tertiary alicyclic amines) is 1. The van der Waals surface area contributed by atoms with E-state index in [1.54, 1.807) is 6.07 Å². The summed E-state index contributed by atoms with van der Waals surface area (Å²) in [7, 11) is 2.85. The summed E-state index contributed by atoms with van der Waals surface area (Å²) in [6, 6.07) is 18.5. The van der Waals surface area contributed by atoms with Gasteiger partial charge in [-0.15, -0.1) is 9.24 Å². The maximum atomic E-state index is 12.5. The molecule has 194 valence electrons. The number of aromatic hydroxyl groups is 1. The molecule has 6 heteroatoms. The molecule has 3 aromatic rings. The van der Waals surface area contributed by atoms with Gasteiger partial charge in [0, 0.05) is 25.3 Å². The minimum atomic E-state index is -0.265. The molecule has 0 spiro atoms. The van der Waals surface area contributed by atoms with Crippen LogP contribution in [-0.4, -0.2) is 42.4 Å². The van der Waals surface area contributed by atoms with Gasteiger partial charge in [0.2, 0.25) is 0 Å². The molecule has 3 N–H and O–H groups in total. The van der Waals surface area contributed by atoms with Gasteiger partial charge in [0.1, 0.15) is 17.6 Å². The molecule has 2 atom stereocenters. The van der Waals surface area contributed by atoms with E-state index in [-0.39, 0.29) is 12.8 Å². The Morgan fingerprint density at radius 3 is 2.62 bits per heavy atom. The van der Waals surface area contributed by atoms with Crippen LogP contribution in [-0.2, 0) is 6.42 Å². The SMILES string of the molecule is Cc1cc(C2=C(c3ccc(OC4CCN(CCCF)C4)cc3)c3ccc(N)c(P)c3CCC2)ccc1O. The van der Waals surface area contributed by atoms with E-state index < -0.39 is 0 Å². The van der Waals surface area contributed by atoms with Crippen molar-refractivity contribution < 1.29 is 14.2 Å². The van der Waals surface area contributed by atoms with Crippen LogP contribution in [0.25, 0.3) is 11.1 Å². The van der Waals surface area contributed by atoms with Crippen molar-refractivity contribution in [3.8, 4) is 11.5 Å². The first kappa shape index (κ1) is 25.8. The van der Waals surface area contributed by atoms with Gasteiger partial charge in [-0.2, -0.15) is 0 Å². The second-order valence-corrected chi connectivity index (χ2v) is 10.8. The summed E-state index contributed by atoms with van der Waals surface area (Å²) in [4.78, 5) is 2.28. The fourth-order valence-electron chi connectivity index (χ4n) is 5.65. The number of nitrogens with zero attached hydrogens (tertiary/aromatic N) is 1. The Labute approximate surface area is 221 Å². The molecule has 0 bridgehead atoms. The highest BCUT2D eigenvalue weighted by atomic mass is 31.0. The lowest BCUT2D eigenvalue weighted by Gasteiger charge is -2.20. The fourth-order valence-corrected chi connectivity index (χ4v) is 6.05. The van der Waals surface area contributed by atoms with Crippen molar-refractivity contribution >= 4 is 31.4 Å². The second kappa shape index (κ2) is 11.2. The molecule has 0 saturated carbocycles. The van der Waals surface area contributed by atoms with Crippen molar-refractivity contribution in [2.24, 2.45) is 0 Å². The number of anilines is 1. The zero-order valence-electron chi connectivity index (χ0n) is 21.5. The standard InChI is InChI=1S/C31H36FN2O2P/c1-20-18-22(8-13-29(20)35)25-4-2-5-27-26(11-12-28(33)31(27)37)30(25)21-6-9-23(10-7-21)36-24-14-17-34(19-24)16-3-15-32/h6-13,18,24,35H,2-5,14-17,19,33,37H2,1H3. The van der Waals surface area contributed by atoms with E-state index in [2.05, 4.69) is 50.5 Å². The van der Waals surface area contributed by atoms with Gasteiger partial charge in [0.15, 0.2) is 0 Å². The van der Waals surface area contributed by atoms with Crippen LogP contribution in [0.3, 0.4) is 0 Å². The number of nitrogen functional groups attached to an aromatic ring is 1. The third-order valence-corrected chi connectivity index (χ3v) is 8.33. The topological polar surface area (TPSA) is 58.7 Å². The van der Waals surface area contributed by atoms with Gasteiger partial charge in [-0.25, -0.2) is 0 Å². The number of benzene rings is 3. The van der Waals surface area contributed by atoms with Crippen molar-refractivity contribution in [1.29, 1.82) is 0 Å². The van der Waals surface area contributed by atoms with Crippen LogP contribution >= 0.6 is 9.24 Å². The predicted molar refractivity (Wildman–Crippen MR) is 154 cm³/mol. The van der Waals surface area contributed by atoms with E-state index in [0.717, 1.165) is 78.7 Å². The van der Waals surface area contributed by atoms with Gasteiger partial charge in [-0.3, -0.25) is 9.29 Å². The molecule has 1 heterocycles. The minimum Gasteiger partial charge on any atom is -0.508 e. The second-order valence-electron chi connectivity index (χ2n) is 10.2. The van der Waals surface area contributed by atoms with Gasteiger partial charge >= 0.3 is 0 Å². The molecule has 0 amide bonds. The summed E-state index contributed by atoms with van der Waals surface area (Å²) in [6.07, 6.45) is 4.62. The van der Waals surface area contributed by atoms with Crippen molar-refractivity contribution in [3.63, 3.8) is 0 Å². The summed E-state index contributed by atoms with van der Waals surface area (Å²) in [5, 5.41) is 11.2. The highest BCUT2D eigenvalue weighted by Gasteiger charge is 2.25. The first-order valence-corrected chi connectivity index (χ1v) is 13.8. The lowest BCUT2D eigenvalue weighted by molar-refractivity contribution is 0.198. The van der Waals surface area contributed by atoms with Crippen molar-refractivity contribution in [2.45, 2.75) is 45.1 Å². The number of alkyl halides is 1. The summed E-state index contributed by atoms with van der Waals surface area (Å²) >= 11 is 0. The Bertz CT molecular complexity index is 1310. The zero-order chi connectivity index (χ0) is 25.9. The Hall–Kier alpha value is -2.88. The molecule has 2 aliphatic rings. The Kier molecular flexibility index (Phi) is 7.83. The predicted octanol–water partition coefficient (Wildman–Crippen LogP) is 5.89. The number of rotatable bonds is 7. The van der Waals surface area contributed by atoms with Gasteiger partial charge < -0.3 is 15.6 Å². The van der Waals surface area contributed by atoms with Gasteiger partial charge in [0.05, 0.1) is 6.67 Å². The highest BCUT2D eigenvalue weighted by molar-refractivity contribution is 7.28. The molecular weight excluding hydrogens is 482 g/mol. The Morgan fingerprint density at radius 2 is 1.86 bits per heavy atom. The van der Waals surface area contributed by atoms with E-state index >= 15 is 0 Å². The number of hydrogen-bond donors (Lipinski definition) is 2. The molecule has 0 aromatic heterocycles. The lowest BCUT2D eigenvalue weighted by atomic mass is 9.87. The summed E-state index contributed by atoms with van der Waals surface area (Å²) in [6.45, 7) is 4.29. The van der Waals surface area contributed by atoms with Crippen molar-refractivity contribution in [3.05, 3.63) is 82.4 Å². The van der Waals surface area contributed by atoms with Crippen molar-refractivity contribution in [2.75, 3.05) is 32.0 Å². The molecule has 0 radical (unpaired) electrons. The van der Waals surface area contributed by atoms with E-state index in [9.17, 15) is 9.50 Å². The number of aryl methyl sites for hydroxylation is 1. The number of nitrogens with two attached hydrogens (primary N) is 1. The van der Waals surface area contributed by atoms with Crippen LogP contribution < -0.4 is 15.8 Å². The largest absolute Gasteiger partial charge is 0.508 e. The number of phenolic OH excluding ortho intramolecular Hbond substituents is 1. The molecule has 37 heavy (non-hydrogen) atoms. The third kappa shape index (κ3) is 5.54. The van der Waals surface area contributed by atoms with E-state index in [0.29, 0.717) is 12.2 Å². The van der Waals surface area contributed by atoms with E-state index in [1.807, 2.05) is 19.1 Å². The molecule has 1 aliphatic carbocycles. The zero-order valence-corrected chi connectivity index (χ0v) is 22.6. The van der Waals surface area contributed by atoms with Crippen LogP contribution in [0.4, 0.5) is 10.1 Å². The van der Waals surface area contributed by atoms with E-state index in [4.69, 9.17) is 10.5 Å². The number of phenols is 1. The number of hydrogen-bond acceptors (Lipinski definition) is 4. The monoisotopic (exact) mass is 518 g/mol. The van der Waals surface area contributed by atoms with Gasteiger partial charge in [0.25, 0.3) is 0 Å². The fraction of sp³-hybridized carbons (Fsp3) is 0.355. The molecule has 4 nitrogen and oxygen atoms in total. The Morgan fingerprint density at radius 1 is 1.08 bits per heavy atom. The summed E-state index contributed by atoms with van der Waals surface area (Å²) < 4.78 is 18.8. The maximum absolute atomic E-state index is 12.5. The summed E-state index contributed by atoms with van der Waals surface area (Å²) in [5.74, 6) is 1.18. The van der Waals surface area contributed by atoms with Crippen LogP contribution in [0.2, 0.25) is 0 Å². The molecule has 1 fully saturated rings. The first-order chi connectivity index (χ1) is 17.9. The molecule has 3 aromatic carbocycles. The number of allylic oxidation sites excluding steroid dienone is 1. The molecule has 5 rings (SSSR count). The normalized spacial score (nSPS) is 18.1. The van der Waals surface area contributed by atoms with E-state index in [1.165, 1.54) is 22.3 Å². The van der Waals surface area contributed by atoms with Crippen molar-refractivity contribution in [1.82, 2.24) is 4.90 Å². The molecule has 2 unspecified atom stereocenters. The smallest absolute Gasteiger partial charge is 0.119 e. The van der Waals surface area contributed by atoms with Crippen LogP contribution in [0.5, 0.6) is 11.5 Å². The lowest BCUT2D eigenvalue weighted by Crippen LogP contribution is -2.26. The van der Waals surface area contributed by atoms with Crippen LogP contribution in [0.15, 0.2) is 54.6 Å². The summed E-state index contributed by atoms with van der Waals surface area (Å²) in [5.41, 5.74) is 15.2.